The fourth-order valence-electron chi connectivity index (χ4n) is 4.54. The third-order valence-electron chi connectivity index (χ3n) is 6.16. The van der Waals surface area contributed by atoms with Gasteiger partial charge >= 0.3 is 6.18 Å². The Bertz CT molecular complexity index is 1330. The monoisotopic (exact) mass is 465 g/mol. The van der Waals surface area contributed by atoms with Crippen LogP contribution in [0.25, 0.3) is 10.8 Å². The van der Waals surface area contributed by atoms with E-state index in [4.69, 9.17) is 11.6 Å². The van der Waals surface area contributed by atoms with Crippen molar-refractivity contribution in [2.24, 2.45) is 0 Å². The molecular formula is C27H19ClF3NO. The molecule has 0 spiro atoms. The molecule has 1 aliphatic rings. The van der Waals surface area contributed by atoms with E-state index in [-0.39, 0.29) is 18.2 Å². The first-order valence-corrected chi connectivity index (χ1v) is 10.9. The van der Waals surface area contributed by atoms with E-state index in [1.165, 1.54) is 12.1 Å². The predicted molar refractivity (Wildman–Crippen MR) is 124 cm³/mol. The molecule has 0 fully saturated rings. The van der Waals surface area contributed by atoms with E-state index < -0.39 is 11.7 Å². The highest BCUT2D eigenvalue weighted by Crippen LogP contribution is 2.45. The van der Waals surface area contributed by atoms with Crippen molar-refractivity contribution < 1.29 is 18.0 Å². The van der Waals surface area contributed by atoms with Gasteiger partial charge in [0.25, 0.3) is 0 Å². The molecule has 0 radical (unpaired) electrons. The maximum atomic E-state index is 13.3. The summed E-state index contributed by atoms with van der Waals surface area (Å²) < 4.78 is 39.3. The average Bonchev–Trinajstić information content (AvgIpc) is 2.81. The second-order valence-corrected chi connectivity index (χ2v) is 8.64. The number of carbonyl (C=O) groups is 1. The van der Waals surface area contributed by atoms with Gasteiger partial charge in [0.15, 0.2) is 0 Å². The van der Waals surface area contributed by atoms with E-state index in [0.717, 1.165) is 39.7 Å². The van der Waals surface area contributed by atoms with Crippen LogP contribution in [-0.4, -0.2) is 5.91 Å². The minimum atomic E-state index is -4.40. The predicted octanol–water partition coefficient (Wildman–Crippen LogP) is 7.58. The van der Waals surface area contributed by atoms with Gasteiger partial charge < -0.3 is 4.90 Å². The van der Waals surface area contributed by atoms with Gasteiger partial charge in [-0.15, -0.1) is 0 Å². The first kappa shape index (κ1) is 21.5. The number of hydrogen-bond acceptors (Lipinski definition) is 1. The molecule has 33 heavy (non-hydrogen) atoms. The zero-order chi connectivity index (χ0) is 23.2. The number of carbonyl (C=O) groups excluding carboxylic acids is 1. The van der Waals surface area contributed by atoms with Gasteiger partial charge in [0.1, 0.15) is 0 Å². The lowest BCUT2D eigenvalue weighted by Gasteiger charge is -2.35. The smallest absolute Gasteiger partial charge is 0.308 e. The van der Waals surface area contributed by atoms with E-state index in [9.17, 15) is 18.0 Å². The van der Waals surface area contributed by atoms with Crippen molar-refractivity contribution in [3.05, 3.63) is 112 Å². The molecule has 0 aliphatic carbocycles. The average molecular weight is 466 g/mol. The highest BCUT2D eigenvalue weighted by molar-refractivity contribution is 6.30. The molecule has 5 rings (SSSR count). The molecule has 4 aromatic rings. The maximum Gasteiger partial charge on any atom is 0.416 e. The van der Waals surface area contributed by atoms with Crippen LogP contribution >= 0.6 is 11.6 Å². The van der Waals surface area contributed by atoms with E-state index in [1.54, 1.807) is 17.0 Å². The van der Waals surface area contributed by atoms with Crippen molar-refractivity contribution in [1.82, 2.24) is 0 Å². The Morgan fingerprint density at radius 3 is 2.27 bits per heavy atom. The first-order valence-electron chi connectivity index (χ1n) is 10.5. The van der Waals surface area contributed by atoms with Crippen molar-refractivity contribution in [3.8, 4) is 0 Å². The number of benzene rings is 4. The minimum absolute atomic E-state index is 0.0716. The number of halogens is 4. The number of fused-ring (bicyclic) bond motifs is 3. The summed E-state index contributed by atoms with van der Waals surface area (Å²) in [6.07, 6.45) is -4.22. The Hall–Kier alpha value is -3.31. The number of nitrogens with zero attached hydrogens (tertiary/aromatic N) is 1. The lowest BCUT2D eigenvalue weighted by atomic mass is 9.81. The van der Waals surface area contributed by atoms with Crippen LogP contribution < -0.4 is 4.90 Å². The number of rotatable bonds is 3. The summed E-state index contributed by atoms with van der Waals surface area (Å²) in [5, 5.41) is 2.64. The number of amides is 1. The second kappa shape index (κ2) is 8.23. The highest BCUT2D eigenvalue weighted by Gasteiger charge is 2.35. The number of anilines is 1. The number of hydrogen-bond donors (Lipinski definition) is 0. The van der Waals surface area contributed by atoms with Gasteiger partial charge in [-0.2, -0.15) is 13.2 Å². The summed E-state index contributed by atoms with van der Waals surface area (Å²) >= 11 is 6.00. The van der Waals surface area contributed by atoms with Crippen LogP contribution in [0.2, 0.25) is 5.02 Å². The summed E-state index contributed by atoms with van der Waals surface area (Å²) in [4.78, 5) is 15.0. The Balaban J connectivity index is 1.63. The molecule has 4 aromatic carbocycles. The molecule has 2 nitrogen and oxygen atoms in total. The van der Waals surface area contributed by atoms with Crippen molar-refractivity contribution in [1.29, 1.82) is 0 Å². The molecule has 166 valence electrons. The molecule has 1 aliphatic heterocycles. The van der Waals surface area contributed by atoms with Gasteiger partial charge in [0.05, 0.1) is 12.1 Å². The fraction of sp³-hybridized carbons (Fsp3) is 0.148. The second-order valence-electron chi connectivity index (χ2n) is 8.20. The molecule has 0 saturated carbocycles. The Morgan fingerprint density at radius 1 is 0.879 bits per heavy atom. The van der Waals surface area contributed by atoms with Crippen LogP contribution in [-0.2, 0) is 17.5 Å². The quantitative estimate of drug-likeness (QED) is 0.305. The summed E-state index contributed by atoms with van der Waals surface area (Å²) in [6.45, 7) is 0.390. The molecule has 0 saturated heterocycles. The van der Waals surface area contributed by atoms with Crippen LogP contribution in [0.3, 0.4) is 0 Å². The number of alkyl halides is 3. The van der Waals surface area contributed by atoms with Crippen molar-refractivity contribution in [2.45, 2.75) is 25.1 Å². The molecule has 1 atom stereocenters. The van der Waals surface area contributed by atoms with Gasteiger partial charge in [-0.3, -0.25) is 4.79 Å². The van der Waals surface area contributed by atoms with Gasteiger partial charge in [0.2, 0.25) is 5.91 Å². The van der Waals surface area contributed by atoms with Crippen LogP contribution in [0, 0.1) is 0 Å². The fourth-order valence-corrected chi connectivity index (χ4v) is 4.67. The van der Waals surface area contributed by atoms with E-state index in [0.29, 0.717) is 17.1 Å². The zero-order valence-corrected chi connectivity index (χ0v) is 18.2. The molecule has 6 heteroatoms. The van der Waals surface area contributed by atoms with Crippen molar-refractivity contribution in [2.75, 3.05) is 4.90 Å². The summed E-state index contributed by atoms with van der Waals surface area (Å²) in [6, 6.07) is 24.3. The summed E-state index contributed by atoms with van der Waals surface area (Å²) in [5.74, 6) is -0.403. The molecular weight excluding hydrogens is 447 g/mol. The summed E-state index contributed by atoms with van der Waals surface area (Å²) in [7, 11) is 0. The lowest BCUT2D eigenvalue weighted by Crippen LogP contribution is -2.36. The molecule has 0 N–H and O–H groups in total. The van der Waals surface area contributed by atoms with Crippen LogP contribution in [0.1, 0.15) is 34.6 Å². The minimum Gasteiger partial charge on any atom is -0.308 e. The largest absolute Gasteiger partial charge is 0.416 e. The molecule has 1 amide bonds. The SMILES string of the molecule is O=C1CC(c2ccc(C(F)(F)F)cc2)c2c(ccc3ccccc23)N1Cc1ccc(Cl)cc1. The Labute approximate surface area is 194 Å². The topological polar surface area (TPSA) is 20.3 Å². The third kappa shape index (κ3) is 4.09. The maximum absolute atomic E-state index is 13.3. The van der Waals surface area contributed by atoms with Gasteiger partial charge in [-0.05, 0) is 57.8 Å². The molecule has 0 aromatic heterocycles. The van der Waals surface area contributed by atoms with Crippen LogP contribution in [0.15, 0.2) is 84.9 Å². The lowest BCUT2D eigenvalue weighted by molar-refractivity contribution is -0.137. The first-order chi connectivity index (χ1) is 15.8. The van der Waals surface area contributed by atoms with Crippen molar-refractivity contribution in [3.63, 3.8) is 0 Å². The standard InChI is InChI=1S/C27H19ClF3NO/c28-21-12-5-17(6-13-21)16-32-24-14-9-18-3-1-2-4-22(18)26(24)23(15-25(32)33)19-7-10-20(11-8-19)27(29,30)31/h1-14,23H,15-16H2. The van der Waals surface area contributed by atoms with Crippen molar-refractivity contribution >= 4 is 34.0 Å². The summed E-state index contributed by atoms with van der Waals surface area (Å²) in [5.41, 5.74) is 2.68. The van der Waals surface area contributed by atoms with Gasteiger partial charge in [-0.25, -0.2) is 0 Å². The van der Waals surface area contributed by atoms with Gasteiger partial charge in [0, 0.05) is 23.0 Å². The molecule has 1 unspecified atom stereocenters. The van der Waals surface area contributed by atoms with Crippen LogP contribution in [0.5, 0.6) is 0 Å². The molecule has 1 heterocycles. The zero-order valence-electron chi connectivity index (χ0n) is 17.4. The Morgan fingerprint density at radius 2 is 1.58 bits per heavy atom. The Kier molecular flexibility index (Phi) is 5.37. The van der Waals surface area contributed by atoms with E-state index >= 15 is 0 Å². The van der Waals surface area contributed by atoms with E-state index in [2.05, 4.69) is 0 Å². The highest BCUT2D eigenvalue weighted by atomic mass is 35.5. The van der Waals surface area contributed by atoms with Gasteiger partial charge in [-0.1, -0.05) is 66.2 Å². The third-order valence-corrected chi connectivity index (χ3v) is 6.41. The normalized spacial score (nSPS) is 16.2. The van der Waals surface area contributed by atoms with E-state index in [1.807, 2.05) is 48.5 Å². The van der Waals surface area contributed by atoms with Crippen LogP contribution in [0.4, 0.5) is 18.9 Å². The molecule has 0 bridgehead atoms.